The molecular formula is C38H38N2O8S. The molecule has 49 heavy (non-hydrogen) atoms. The van der Waals surface area contributed by atoms with Gasteiger partial charge in [0.05, 0.1) is 38.9 Å². The van der Waals surface area contributed by atoms with E-state index in [2.05, 4.69) is 5.32 Å². The summed E-state index contributed by atoms with van der Waals surface area (Å²) < 4.78 is 23.7. The Labute approximate surface area is 289 Å². The first-order valence-corrected chi connectivity index (χ1v) is 17.1. The maximum Gasteiger partial charge on any atom is 0.408 e. The number of ether oxygens (including phenoxy) is 4. The van der Waals surface area contributed by atoms with Gasteiger partial charge in [-0.05, 0) is 34.4 Å². The Hall–Kier alpha value is -4.68. The van der Waals surface area contributed by atoms with Gasteiger partial charge in [0, 0.05) is 22.6 Å². The quantitative estimate of drug-likeness (QED) is 0.135. The normalized spacial score (nSPS) is 20.7. The number of aliphatic hydroxyl groups is 1. The summed E-state index contributed by atoms with van der Waals surface area (Å²) in [6.07, 6.45) is -1.27. The van der Waals surface area contributed by atoms with E-state index in [1.807, 2.05) is 103 Å². The number of thioether (sulfide) groups is 1. The summed E-state index contributed by atoms with van der Waals surface area (Å²) in [5, 5.41) is 12.0. The van der Waals surface area contributed by atoms with Gasteiger partial charge in [-0.3, -0.25) is 14.5 Å². The van der Waals surface area contributed by atoms with Crippen LogP contribution in [-0.4, -0.2) is 52.9 Å². The monoisotopic (exact) mass is 682 g/mol. The van der Waals surface area contributed by atoms with Crippen molar-refractivity contribution in [3.63, 3.8) is 0 Å². The zero-order chi connectivity index (χ0) is 34.2. The molecule has 11 heteroatoms. The molecule has 2 saturated heterocycles. The number of nitrogens with zero attached hydrogens (tertiary/aromatic N) is 1. The number of likely N-dealkylation sites (tertiary alicyclic amines) is 1. The number of hydrogen-bond donors (Lipinski definition) is 2. The van der Waals surface area contributed by atoms with Gasteiger partial charge in [-0.15, -0.1) is 11.8 Å². The van der Waals surface area contributed by atoms with Crippen molar-refractivity contribution in [1.82, 2.24) is 10.2 Å². The summed E-state index contributed by atoms with van der Waals surface area (Å²) >= 11 is 1.66. The lowest BCUT2D eigenvalue weighted by atomic mass is 10.0. The molecule has 0 saturated carbocycles. The largest absolute Gasteiger partial charge is 0.496 e. The molecule has 2 N–H and O–H groups in total. The second-order valence-corrected chi connectivity index (χ2v) is 12.9. The molecule has 1 unspecified atom stereocenters. The van der Waals surface area contributed by atoms with Gasteiger partial charge in [0.1, 0.15) is 18.4 Å². The molecule has 4 atom stereocenters. The van der Waals surface area contributed by atoms with Gasteiger partial charge in [0.15, 0.2) is 6.29 Å². The molecule has 6 rings (SSSR count). The molecule has 2 aliphatic rings. The summed E-state index contributed by atoms with van der Waals surface area (Å²) in [5.41, 5.74) is 4.18. The lowest BCUT2D eigenvalue weighted by Gasteiger charge is -2.36. The van der Waals surface area contributed by atoms with Gasteiger partial charge in [-0.2, -0.15) is 0 Å². The standard InChI is InChI=1S/C38H38N2O8S/c1-45-32-9-5-6-10-34(32)49-24-30-19-33(28-15-13-26(22-41)14-16-28)48-37(47-30)29-17-11-25(12-18-29)21-40-35(42)20-31(36(40)43)39-38(44)46-23-27-7-3-2-4-8-27/h2-18,30-31,33,37,41H,19-24H2,1H3,(H,39,44)/t30-,31?,33+,37+/m0/s1. The van der Waals surface area contributed by atoms with Crippen LogP contribution in [0.5, 0.6) is 5.75 Å². The van der Waals surface area contributed by atoms with E-state index in [1.165, 1.54) is 0 Å². The zero-order valence-corrected chi connectivity index (χ0v) is 27.8. The molecule has 254 valence electrons. The van der Waals surface area contributed by atoms with Gasteiger partial charge >= 0.3 is 6.09 Å². The van der Waals surface area contributed by atoms with Gasteiger partial charge in [-0.25, -0.2) is 4.79 Å². The Kier molecular flexibility index (Phi) is 11.3. The lowest BCUT2D eigenvalue weighted by Crippen LogP contribution is -2.41. The van der Waals surface area contributed by atoms with E-state index in [1.54, 1.807) is 18.9 Å². The molecule has 2 fully saturated rings. The van der Waals surface area contributed by atoms with Crippen LogP contribution in [0.2, 0.25) is 0 Å². The molecule has 0 bridgehead atoms. The van der Waals surface area contributed by atoms with Crippen molar-refractivity contribution in [2.24, 2.45) is 0 Å². The summed E-state index contributed by atoms with van der Waals surface area (Å²) in [6.45, 7) is 0.0961. The maximum absolute atomic E-state index is 13.1. The number of para-hydroxylation sites is 1. The number of nitrogens with one attached hydrogen (secondary N) is 1. The number of methoxy groups -OCH3 is 1. The Morgan fingerprint density at radius 2 is 1.57 bits per heavy atom. The summed E-state index contributed by atoms with van der Waals surface area (Å²) in [7, 11) is 1.66. The molecule has 0 aliphatic carbocycles. The van der Waals surface area contributed by atoms with Crippen LogP contribution in [0.15, 0.2) is 108 Å². The molecule has 0 radical (unpaired) electrons. The topological polar surface area (TPSA) is 124 Å². The molecule has 0 aromatic heterocycles. The number of alkyl carbamates (subject to hydrolysis) is 1. The minimum absolute atomic E-state index is 0.0326. The highest BCUT2D eigenvalue weighted by Crippen LogP contribution is 2.40. The fraction of sp³-hybridized carbons (Fsp3) is 0.289. The van der Waals surface area contributed by atoms with Crippen molar-refractivity contribution in [3.05, 3.63) is 131 Å². The lowest BCUT2D eigenvalue weighted by molar-refractivity contribution is -0.245. The minimum Gasteiger partial charge on any atom is -0.496 e. The molecule has 4 aromatic rings. The van der Waals surface area contributed by atoms with Crippen molar-refractivity contribution < 1.29 is 38.4 Å². The van der Waals surface area contributed by atoms with E-state index >= 15 is 0 Å². The average molecular weight is 683 g/mol. The van der Waals surface area contributed by atoms with Crippen LogP contribution in [0, 0.1) is 0 Å². The Balaban J connectivity index is 1.09. The van der Waals surface area contributed by atoms with Gasteiger partial charge < -0.3 is 29.4 Å². The number of aliphatic hydroxyl groups excluding tert-OH is 1. The van der Waals surface area contributed by atoms with E-state index in [4.69, 9.17) is 18.9 Å². The van der Waals surface area contributed by atoms with Crippen molar-refractivity contribution in [2.45, 2.75) is 62.0 Å². The number of carbonyl (C=O) groups excluding carboxylic acids is 3. The number of amides is 3. The van der Waals surface area contributed by atoms with Crippen LogP contribution in [0.25, 0.3) is 0 Å². The molecule has 3 amide bonds. The fourth-order valence-electron chi connectivity index (χ4n) is 5.78. The minimum atomic E-state index is -0.979. The molecular weight excluding hydrogens is 644 g/mol. The number of rotatable bonds is 12. The van der Waals surface area contributed by atoms with Crippen molar-refractivity contribution >= 4 is 29.7 Å². The summed E-state index contributed by atoms with van der Waals surface area (Å²) in [5.74, 6) is 0.641. The molecule has 2 aliphatic heterocycles. The highest BCUT2D eigenvalue weighted by atomic mass is 32.2. The van der Waals surface area contributed by atoms with Crippen LogP contribution >= 0.6 is 11.8 Å². The highest BCUT2D eigenvalue weighted by molar-refractivity contribution is 7.99. The van der Waals surface area contributed by atoms with E-state index in [0.29, 0.717) is 12.2 Å². The Morgan fingerprint density at radius 1 is 0.878 bits per heavy atom. The van der Waals surface area contributed by atoms with Crippen LogP contribution in [-0.2, 0) is 43.6 Å². The Bertz CT molecular complexity index is 1740. The molecule has 0 spiro atoms. The SMILES string of the molecule is COc1ccccc1SC[C@@H]1C[C@H](c2ccc(CO)cc2)O[C@H](c2ccc(CN3C(=O)CC(NC(=O)OCc4ccccc4)C3=O)cc2)O1. The highest BCUT2D eigenvalue weighted by Gasteiger charge is 2.40. The van der Waals surface area contributed by atoms with E-state index in [-0.39, 0.29) is 44.3 Å². The predicted molar refractivity (Wildman–Crippen MR) is 182 cm³/mol. The molecule has 2 heterocycles. The first kappa shape index (κ1) is 34.2. The predicted octanol–water partition coefficient (Wildman–Crippen LogP) is 6.08. The van der Waals surface area contributed by atoms with Crippen molar-refractivity contribution in [3.8, 4) is 5.75 Å². The molecule has 10 nitrogen and oxygen atoms in total. The third kappa shape index (κ3) is 8.68. The van der Waals surface area contributed by atoms with E-state index in [0.717, 1.165) is 43.4 Å². The van der Waals surface area contributed by atoms with E-state index < -0.39 is 24.3 Å². The maximum atomic E-state index is 13.1. The van der Waals surface area contributed by atoms with Crippen LogP contribution in [0.1, 0.15) is 53.1 Å². The number of imide groups is 1. The van der Waals surface area contributed by atoms with Gasteiger partial charge in [0.25, 0.3) is 5.91 Å². The second kappa shape index (κ2) is 16.1. The van der Waals surface area contributed by atoms with Gasteiger partial charge in [0.2, 0.25) is 5.91 Å². The van der Waals surface area contributed by atoms with Crippen LogP contribution in [0.3, 0.4) is 0 Å². The number of hydrogen-bond acceptors (Lipinski definition) is 9. The third-order valence-electron chi connectivity index (χ3n) is 8.45. The van der Waals surface area contributed by atoms with E-state index in [9.17, 15) is 19.5 Å². The second-order valence-electron chi connectivity index (χ2n) is 11.8. The Morgan fingerprint density at radius 3 is 2.31 bits per heavy atom. The summed E-state index contributed by atoms with van der Waals surface area (Å²) in [6, 6.07) is 31.3. The fourth-order valence-corrected chi connectivity index (χ4v) is 6.82. The smallest absolute Gasteiger partial charge is 0.408 e. The van der Waals surface area contributed by atoms with Crippen molar-refractivity contribution in [1.29, 1.82) is 0 Å². The van der Waals surface area contributed by atoms with Crippen molar-refractivity contribution in [2.75, 3.05) is 12.9 Å². The first-order valence-electron chi connectivity index (χ1n) is 16.1. The summed E-state index contributed by atoms with van der Waals surface area (Å²) in [4.78, 5) is 40.4. The zero-order valence-electron chi connectivity index (χ0n) is 27.0. The molecule has 4 aromatic carbocycles. The average Bonchev–Trinajstić information content (AvgIpc) is 3.40. The first-order chi connectivity index (χ1) is 23.9. The number of carbonyl (C=O) groups is 3. The van der Waals surface area contributed by atoms with Crippen LogP contribution < -0.4 is 10.1 Å². The van der Waals surface area contributed by atoms with Crippen LogP contribution in [0.4, 0.5) is 4.79 Å². The van der Waals surface area contributed by atoms with Gasteiger partial charge in [-0.1, -0.05) is 91.0 Å². The number of benzene rings is 4. The third-order valence-corrected chi connectivity index (χ3v) is 9.64.